The molecule has 0 bridgehead atoms. The molecule has 0 spiro atoms. The van der Waals surface area contributed by atoms with Gasteiger partial charge in [-0.05, 0) is 13.8 Å². The number of likely N-dealkylation sites (N-methyl/N-ethyl adjacent to an activating group) is 2. The maximum atomic E-state index is 11.8. The van der Waals surface area contributed by atoms with Gasteiger partial charge in [-0.25, -0.2) is 0 Å². The molecule has 108 valence electrons. The zero-order valence-electron chi connectivity index (χ0n) is 11.9. The molecule has 8 nitrogen and oxygen atoms in total. The molecule has 0 aliphatic heterocycles. The molecule has 1 amide bonds. The van der Waals surface area contributed by atoms with E-state index in [4.69, 9.17) is 0 Å². The Kier molecular flexibility index (Phi) is 4.34. The van der Waals surface area contributed by atoms with Crippen LogP contribution in [0, 0.1) is 0 Å². The zero-order chi connectivity index (χ0) is 14.5. The average molecular weight is 277 g/mol. The Morgan fingerprint density at radius 3 is 2.85 bits per heavy atom. The summed E-state index contributed by atoms with van der Waals surface area (Å²) in [5.74, 6) is 1.16. The SMILES string of the molecule is CCNC(=O)CN(CC)c1nc(NC)nc2[nH]ncc12. The van der Waals surface area contributed by atoms with Crippen LogP contribution >= 0.6 is 0 Å². The minimum absolute atomic E-state index is 0.0318. The molecule has 0 atom stereocenters. The van der Waals surface area contributed by atoms with Crippen molar-refractivity contribution in [1.29, 1.82) is 0 Å². The molecule has 2 aromatic heterocycles. The maximum absolute atomic E-state index is 11.8. The fourth-order valence-electron chi connectivity index (χ4n) is 1.94. The Bertz CT molecular complexity index is 595. The van der Waals surface area contributed by atoms with E-state index in [1.807, 2.05) is 18.7 Å². The van der Waals surface area contributed by atoms with Crippen molar-refractivity contribution in [2.45, 2.75) is 13.8 Å². The van der Waals surface area contributed by atoms with Crippen LogP contribution in [-0.4, -0.2) is 52.8 Å². The maximum Gasteiger partial charge on any atom is 0.239 e. The summed E-state index contributed by atoms with van der Waals surface area (Å²) in [4.78, 5) is 22.4. The first-order chi connectivity index (χ1) is 9.69. The Morgan fingerprint density at radius 2 is 2.20 bits per heavy atom. The lowest BCUT2D eigenvalue weighted by Crippen LogP contribution is -2.37. The Balaban J connectivity index is 2.37. The summed E-state index contributed by atoms with van der Waals surface area (Å²) in [5, 5.41) is 13.3. The number of fused-ring (bicyclic) bond motifs is 1. The van der Waals surface area contributed by atoms with Crippen molar-refractivity contribution in [3.63, 3.8) is 0 Å². The van der Waals surface area contributed by atoms with Gasteiger partial charge in [-0.15, -0.1) is 0 Å². The van der Waals surface area contributed by atoms with Crippen LogP contribution in [0.5, 0.6) is 0 Å². The predicted octanol–water partition coefficient (Wildman–Crippen LogP) is 0.357. The summed E-state index contributed by atoms with van der Waals surface area (Å²) in [5.41, 5.74) is 0.647. The molecule has 0 aromatic carbocycles. The number of carbonyl (C=O) groups is 1. The zero-order valence-corrected chi connectivity index (χ0v) is 11.9. The number of carbonyl (C=O) groups excluding carboxylic acids is 1. The molecule has 3 N–H and O–H groups in total. The summed E-state index contributed by atoms with van der Waals surface area (Å²) in [6, 6.07) is 0. The van der Waals surface area contributed by atoms with E-state index >= 15 is 0 Å². The van der Waals surface area contributed by atoms with Crippen LogP contribution in [0.1, 0.15) is 13.8 Å². The third kappa shape index (κ3) is 2.79. The van der Waals surface area contributed by atoms with Crippen molar-refractivity contribution in [3.8, 4) is 0 Å². The predicted molar refractivity (Wildman–Crippen MR) is 77.8 cm³/mol. The molecule has 0 aliphatic carbocycles. The molecule has 20 heavy (non-hydrogen) atoms. The summed E-state index contributed by atoms with van der Waals surface area (Å²) in [6.07, 6.45) is 1.67. The van der Waals surface area contributed by atoms with Crippen molar-refractivity contribution < 1.29 is 4.79 Å². The standard InChI is InChI=1S/C12H19N7O/c1-4-14-9(20)7-19(5-2)11-8-6-15-18-10(8)16-12(13-3)17-11/h6H,4-5,7H2,1-3H3,(H,14,20)(H2,13,15,16,17,18). The van der Waals surface area contributed by atoms with Crippen molar-refractivity contribution in [2.75, 3.05) is 36.9 Å². The fourth-order valence-corrected chi connectivity index (χ4v) is 1.94. The molecular formula is C12H19N7O. The smallest absolute Gasteiger partial charge is 0.239 e. The van der Waals surface area contributed by atoms with E-state index in [9.17, 15) is 4.79 Å². The van der Waals surface area contributed by atoms with E-state index < -0.39 is 0 Å². The highest BCUT2D eigenvalue weighted by molar-refractivity contribution is 5.90. The second-order valence-corrected chi connectivity index (χ2v) is 4.22. The number of aromatic amines is 1. The van der Waals surface area contributed by atoms with Crippen molar-refractivity contribution >= 4 is 28.7 Å². The molecule has 0 saturated carbocycles. The van der Waals surface area contributed by atoms with Crippen LogP contribution in [-0.2, 0) is 4.79 Å². The number of nitrogens with one attached hydrogen (secondary N) is 3. The molecular weight excluding hydrogens is 258 g/mol. The number of hydrogen-bond donors (Lipinski definition) is 3. The van der Waals surface area contributed by atoms with Gasteiger partial charge in [0.2, 0.25) is 11.9 Å². The molecule has 0 fully saturated rings. The highest BCUT2D eigenvalue weighted by atomic mass is 16.2. The van der Waals surface area contributed by atoms with Gasteiger partial charge in [0.15, 0.2) is 5.65 Å². The second kappa shape index (κ2) is 6.18. The number of nitrogens with zero attached hydrogens (tertiary/aromatic N) is 4. The fraction of sp³-hybridized carbons (Fsp3) is 0.500. The lowest BCUT2D eigenvalue weighted by atomic mass is 10.3. The summed E-state index contributed by atoms with van der Waals surface area (Å²) in [6.45, 7) is 5.41. The molecule has 0 unspecified atom stereocenters. The largest absolute Gasteiger partial charge is 0.357 e. The molecule has 8 heteroatoms. The van der Waals surface area contributed by atoms with Gasteiger partial charge in [0, 0.05) is 20.1 Å². The Labute approximate surface area is 117 Å². The lowest BCUT2D eigenvalue weighted by molar-refractivity contribution is -0.119. The molecule has 0 saturated heterocycles. The van der Waals surface area contributed by atoms with E-state index in [-0.39, 0.29) is 12.5 Å². The second-order valence-electron chi connectivity index (χ2n) is 4.22. The van der Waals surface area contributed by atoms with Crippen LogP contribution in [0.2, 0.25) is 0 Å². The summed E-state index contributed by atoms with van der Waals surface area (Å²) in [7, 11) is 1.75. The van der Waals surface area contributed by atoms with Gasteiger partial charge in [0.1, 0.15) is 5.82 Å². The average Bonchev–Trinajstić information content (AvgIpc) is 2.92. The number of rotatable bonds is 6. The minimum atomic E-state index is -0.0318. The van der Waals surface area contributed by atoms with Gasteiger partial charge in [-0.2, -0.15) is 15.1 Å². The minimum Gasteiger partial charge on any atom is -0.357 e. The topological polar surface area (TPSA) is 98.8 Å². The lowest BCUT2D eigenvalue weighted by Gasteiger charge is -2.22. The molecule has 0 radical (unpaired) electrons. The van der Waals surface area contributed by atoms with E-state index in [1.165, 1.54) is 0 Å². The third-order valence-electron chi connectivity index (χ3n) is 2.90. The Morgan fingerprint density at radius 1 is 1.40 bits per heavy atom. The molecule has 0 aliphatic rings. The van der Waals surface area contributed by atoms with Gasteiger partial charge in [0.05, 0.1) is 18.1 Å². The number of H-pyrrole nitrogens is 1. The summed E-state index contributed by atoms with van der Waals surface area (Å²) >= 11 is 0. The first-order valence-corrected chi connectivity index (χ1v) is 6.60. The molecule has 2 heterocycles. The third-order valence-corrected chi connectivity index (χ3v) is 2.90. The van der Waals surface area contributed by atoms with E-state index in [0.717, 1.165) is 5.39 Å². The van der Waals surface area contributed by atoms with Crippen LogP contribution in [0.4, 0.5) is 11.8 Å². The van der Waals surface area contributed by atoms with Crippen LogP contribution in [0.15, 0.2) is 6.20 Å². The van der Waals surface area contributed by atoms with Crippen LogP contribution in [0.25, 0.3) is 11.0 Å². The van der Waals surface area contributed by atoms with E-state index in [2.05, 4.69) is 30.8 Å². The van der Waals surface area contributed by atoms with Crippen molar-refractivity contribution in [2.24, 2.45) is 0 Å². The number of amides is 1. The van der Waals surface area contributed by atoms with Gasteiger partial charge in [0.25, 0.3) is 0 Å². The van der Waals surface area contributed by atoms with Crippen molar-refractivity contribution in [3.05, 3.63) is 6.20 Å². The van der Waals surface area contributed by atoms with Gasteiger partial charge < -0.3 is 15.5 Å². The first-order valence-electron chi connectivity index (χ1n) is 6.60. The van der Waals surface area contributed by atoms with E-state index in [0.29, 0.717) is 30.5 Å². The normalized spacial score (nSPS) is 10.6. The molecule has 2 rings (SSSR count). The first kappa shape index (κ1) is 14.0. The van der Waals surface area contributed by atoms with Crippen molar-refractivity contribution in [1.82, 2.24) is 25.5 Å². The van der Waals surface area contributed by atoms with Gasteiger partial charge in [-0.1, -0.05) is 0 Å². The Hall–Kier alpha value is -2.38. The van der Waals surface area contributed by atoms with Crippen LogP contribution in [0.3, 0.4) is 0 Å². The monoisotopic (exact) mass is 277 g/mol. The number of aromatic nitrogens is 4. The highest BCUT2D eigenvalue weighted by Gasteiger charge is 2.16. The summed E-state index contributed by atoms with van der Waals surface area (Å²) < 4.78 is 0. The number of anilines is 2. The highest BCUT2D eigenvalue weighted by Crippen LogP contribution is 2.23. The van der Waals surface area contributed by atoms with Crippen LogP contribution < -0.4 is 15.5 Å². The quantitative estimate of drug-likeness (QED) is 0.705. The van der Waals surface area contributed by atoms with E-state index in [1.54, 1.807) is 13.2 Å². The number of hydrogen-bond acceptors (Lipinski definition) is 6. The molecule has 2 aromatic rings. The van der Waals surface area contributed by atoms with Gasteiger partial charge in [-0.3, -0.25) is 9.89 Å². The van der Waals surface area contributed by atoms with Gasteiger partial charge >= 0.3 is 0 Å².